The number of carbonyl (C=O) groups is 2. The molecule has 3 rings (SSSR count). The van der Waals surface area contributed by atoms with Crippen molar-refractivity contribution in [2.24, 2.45) is 0 Å². The summed E-state index contributed by atoms with van der Waals surface area (Å²) in [6.07, 6.45) is 1.70. The molecule has 0 radical (unpaired) electrons. The number of rotatable bonds is 4. The van der Waals surface area contributed by atoms with Crippen LogP contribution in [0.15, 0.2) is 24.3 Å². The third-order valence-corrected chi connectivity index (χ3v) is 5.41. The lowest BCUT2D eigenvalue weighted by molar-refractivity contribution is -0.347. The highest BCUT2D eigenvalue weighted by molar-refractivity contribution is 7.44. The summed E-state index contributed by atoms with van der Waals surface area (Å²) in [6, 6.07) is 5.58. The van der Waals surface area contributed by atoms with Crippen molar-refractivity contribution in [3.05, 3.63) is 35.6 Å². The number of piperidine rings is 1. The number of benzene rings is 1. The molecule has 2 fully saturated rings. The molecule has 172 valence electrons. The maximum atomic E-state index is 13.1. The van der Waals surface area contributed by atoms with Gasteiger partial charge < -0.3 is 9.80 Å². The Balaban J connectivity index is 0.00000166. The van der Waals surface area contributed by atoms with Crippen molar-refractivity contribution in [1.29, 1.82) is 0 Å². The van der Waals surface area contributed by atoms with Crippen LogP contribution in [-0.2, 0) is 22.3 Å². The third kappa shape index (κ3) is 6.61. The molecule has 3 amide bonds. The minimum absolute atomic E-state index is 0.120. The highest BCUT2D eigenvalue weighted by Crippen LogP contribution is 2.28. The first kappa shape index (κ1) is 25.0. The molecular formula is C19H28FN5O5S. The summed E-state index contributed by atoms with van der Waals surface area (Å²) in [6.45, 7) is 2.20. The van der Waals surface area contributed by atoms with Crippen molar-refractivity contribution in [3.8, 4) is 0 Å². The number of halogens is 1. The number of urea groups is 1. The summed E-state index contributed by atoms with van der Waals surface area (Å²) < 4.78 is 21.0. The molecule has 0 spiro atoms. The molecule has 10 nitrogen and oxygen atoms in total. The van der Waals surface area contributed by atoms with Crippen LogP contribution < -0.4 is 5.48 Å². The Morgan fingerprint density at radius 1 is 1.13 bits per heavy atom. The quantitative estimate of drug-likeness (QED) is 0.503. The van der Waals surface area contributed by atoms with Crippen LogP contribution in [0.25, 0.3) is 0 Å². The van der Waals surface area contributed by atoms with Gasteiger partial charge in [0.25, 0.3) is 5.91 Å². The van der Waals surface area contributed by atoms with E-state index in [4.69, 9.17) is 14.4 Å². The van der Waals surface area contributed by atoms with E-state index in [1.807, 2.05) is 12.1 Å². The number of piperazine rings is 1. The summed E-state index contributed by atoms with van der Waals surface area (Å²) in [5, 5.41) is 12.4. The maximum absolute atomic E-state index is 13.1. The lowest BCUT2D eigenvalue weighted by Crippen LogP contribution is -2.62. The molecule has 2 saturated heterocycles. The maximum Gasteiger partial charge on any atom is 0.319 e. The summed E-state index contributed by atoms with van der Waals surface area (Å²) in [7, 11) is 3.30. The Kier molecular flexibility index (Phi) is 9.65. The van der Waals surface area contributed by atoms with Crippen molar-refractivity contribution < 1.29 is 28.3 Å². The number of hydroxylamine groups is 5. The van der Waals surface area contributed by atoms with Gasteiger partial charge in [0.2, 0.25) is 0 Å². The Labute approximate surface area is 185 Å². The average molecular weight is 458 g/mol. The standard InChI is InChI=1S/C19H28FN5O4.OS/c1-22(2)19(27)23-11-12-25(17(13-23)18(26)21-28)29-24-9-7-15(8-10-24)14-3-5-16(20)6-4-14;1-2/h3-6,15,17,28H,7-13H2,1-2H3,(H,21,26);/t17-;/m1./s1. The minimum Gasteiger partial charge on any atom is -0.331 e. The van der Waals surface area contributed by atoms with E-state index < -0.39 is 11.9 Å². The first-order valence-electron chi connectivity index (χ1n) is 9.91. The summed E-state index contributed by atoms with van der Waals surface area (Å²) >= 11 is 2.83. The molecule has 0 saturated carbocycles. The van der Waals surface area contributed by atoms with Crippen LogP contribution in [0.4, 0.5) is 9.18 Å². The molecule has 12 heteroatoms. The van der Waals surface area contributed by atoms with Crippen molar-refractivity contribution in [2.75, 3.05) is 46.8 Å². The van der Waals surface area contributed by atoms with E-state index in [-0.39, 0.29) is 18.4 Å². The molecule has 1 aromatic rings. The molecular weight excluding hydrogens is 429 g/mol. The number of nitrogens with zero attached hydrogens (tertiary/aromatic N) is 4. The number of carbonyl (C=O) groups excluding carboxylic acids is 2. The second kappa shape index (κ2) is 12.0. The van der Waals surface area contributed by atoms with Gasteiger partial charge in [0.05, 0.1) is 0 Å². The van der Waals surface area contributed by atoms with E-state index in [1.165, 1.54) is 22.1 Å². The minimum atomic E-state index is -0.813. The Morgan fingerprint density at radius 2 is 1.74 bits per heavy atom. The lowest BCUT2D eigenvalue weighted by atomic mass is 9.90. The molecule has 2 aliphatic heterocycles. The van der Waals surface area contributed by atoms with E-state index in [0.29, 0.717) is 32.1 Å². The fourth-order valence-electron chi connectivity index (χ4n) is 3.76. The number of hydrogen-bond acceptors (Lipinski definition) is 8. The topological polar surface area (TPSA) is 106 Å². The SMILES string of the molecule is CN(C)C(=O)N1CCN(ON2CCC(c3ccc(F)cc3)CC2)[C@@H](C(=O)NO)C1.O=S. The summed E-state index contributed by atoms with van der Waals surface area (Å²) in [4.78, 5) is 33.3. The fraction of sp³-hybridized carbons (Fsp3) is 0.579. The van der Waals surface area contributed by atoms with Crippen molar-refractivity contribution in [3.63, 3.8) is 0 Å². The smallest absolute Gasteiger partial charge is 0.319 e. The molecule has 2 aliphatic rings. The Hall–Kier alpha value is -2.25. The molecule has 2 heterocycles. The number of hydrogen-bond donors (Lipinski definition) is 2. The molecule has 0 bridgehead atoms. The van der Waals surface area contributed by atoms with E-state index >= 15 is 0 Å². The first-order chi connectivity index (χ1) is 14.9. The second-order valence-electron chi connectivity index (χ2n) is 7.59. The normalized spacial score (nSPS) is 20.5. The fourth-order valence-corrected chi connectivity index (χ4v) is 3.76. The Bertz CT molecular complexity index is 733. The predicted molar refractivity (Wildman–Crippen MR) is 110 cm³/mol. The average Bonchev–Trinajstić information content (AvgIpc) is 2.80. The van der Waals surface area contributed by atoms with Gasteiger partial charge in [-0.25, -0.2) is 19.6 Å². The Morgan fingerprint density at radius 3 is 2.29 bits per heavy atom. The van der Waals surface area contributed by atoms with Crippen LogP contribution >= 0.6 is 0 Å². The van der Waals surface area contributed by atoms with Gasteiger partial charge in [-0.15, -0.1) is 0 Å². The second-order valence-corrected chi connectivity index (χ2v) is 7.59. The van der Waals surface area contributed by atoms with Crippen molar-refractivity contribution >= 4 is 24.5 Å². The highest BCUT2D eigenvalue weighted by Gasteiger charge is 2.37. The first-order valence-corrected chi connectivity index (χ1v) is 10.2. The summed E-state index contributed by atoms with van der Waals surface area (Å²) in [5.41, 5.74) is 2.77. The predicted octanol–water partition coefficient (Wildman–Crippen LogP) is 0.689. The van der Waals surface area contributed by atoms with Crippen LogP contribution in [0.5, 0.6) is 0 Å². The monoisotopic (exact) mass is 457 g/mol. The lowest BCUT2D eigenvalue weighted by Gasteiger charge is -2.42. The van der Waals surface area contributed by atoms with E-state index in [1.54, 1.807) is 29.5 Å². The van der Waals surface area contributed by atoms with Gasteiger partial charge in [-0.05, 0) is 36.5 Å². The zero-order chi connectivity index (χ0) is 23.0. The number of nitrogens with one attached hydrogen (secondary N) is 1. The molecule has 0 unspecified atom stereocenters. The van der Waals surface area contributed by atoms with Crippen molar-refractivity contribution in [2.45, 2.75) is 24.8 Å². The zero-order valence-electron chi connectivity index (χ0n) is 17.6. The molecule has 1 atom stereocenters. The van der Waals surface area contributed by atoms with Crippen LogP contribution in [0.3, 0.4) is 0 Å². The largest absolute Gasteiger partial charge is 0.331 e. The van der Waals surface area contributed by atoms with Gasteiger partial charge in [-0.3, -0.25) is 10.0 Å². The number of amides is 3. The van der Waals surface area contributed by atoms with E-state index in [0.717, 1.165) is 18.4 Å². The zero-order valence-corrected chi connectivity index (χ0v) is 18.4. The van der Waals surface area contributed by atoms with Gasteiger partial charge in [0, 0.05) is 46.8 Å². The van der Waals surface area contributed by atoms with Gasteiger partial charge >= 0.3 is 6.03 Å². The van der Waals surface area contributed by atoms with Gasteiger partial charge in [-0.2, -0.15) is 14.3 Å². The highest BCUT2D eigenvalue weighted by atomic mass is 32.1. The molecule has 31 heavy (non-hydrogen) atoms. The van der Waals surface area contributed by atoms with Gasteiger partial charge in [-0.1, -0.05) is 12.1 Å². The van der Waals surface area contributed by atoms with Crippen LogP contribution in [0, 0.1) is 5.82 Å². The van der Waals surface area contributed by atoms with Gasteiger partial charge in [0.15, 0.2) is 12.5 Å². The van der Waals surface area contributed by atoms with Crippen LogP contribution in [0.1, 0.15) is 24.3 Å². The van der Waals surface area contributed by atoms with Crippen molar-refractivity contribution in [1.82, 2.24) is 25.4 Å². The van der Waals surface area contributed by atoms with E-state index in [9.17, 15) is 14.0 Å². The molecule has 1 aromatic carbocycles. The van der Waals surface area contributed by atoms with Crippen LogP contribution in [-0.4, -0.2) is 94.1 Å². The summed E-state index contributed by atoms with van der Waals surface area (Å²) in [5.74, 6) is -0.529. The molecule has 2 N–H and O–H groups in total. The third-order valence-electron chi connectivity index (χ3n) is 5.41. The molecule has 0 aromatic heterocycles. The van der Waals surface area contributed by atoms with E-state index in [2.05, 4.69) is 12.5 Å². The van der Waals surface area contributed by atoms with Crippen LogP contribution in [0.2, 0.25) is 0 Å². The molecule has 0 aliphatic carbocycles. The van der Waals surface area contributed by atoms with Gasteiger partial charge in [0.1, 0.15) is 11.9 Å².